The zero-order valence-corrected chi connectivity index (χ0v) is 13.0. The van der Waals surface area contributed by atoms with E-state index in [1.54, 1.807) is 36.4 Å². The minimum Gasteiger partial charge on any atom is -0.457 e. The Bertz CT molecular complexity index is 1070. The molecule has 0 atom stereocenters. The fourth-order valence-corrected chi connectivity index (χ4v) is 2.47. The molecule has 0 spiro atoms. The molecule has 0 saturated heterocycles. The maximum Gasteiger partial charge on any atom is 0.268 e. The number of para-hydroxylation sites is 1. The Hall–Kier alpha value is -4.03. The summed E-state index contributed by atoms with van der Waals surface area (Å²) in [4.78, 5) is 14.3. The lowest BCUT2D eigenvalue weighted by Gasteiger charge is -2.11. The highest BCUT2D eigenvalue weighted by Gasteiger charge is 2.18. The Balaban J connectivity index is 2.15. The van der Waals surface area contributed by atoms with Crippen LogP contribution in [0.2, 0.25) is 0 Å². The number of nitrogens with one attached hydrogen (secondary N) is 1. The largest absolute Gasteiger partial charge is 0.457 e. The summed E-state index contributed by atoms with van der Waals surface area (Å²) in [6.07, 6.45) is 0. The molecular formula is C19H12N4O2. The van der Waals surface area contributed by atoms with Crippen molar-refractivity contribution in [3.63, 3.8) is 0 Å². The van der Waals surface area contributed by atoms with Gasteiger partial charge >= 0.3 is 0 Å². The van der Waals surface area contributed by atoms with E-state index in [1.807, 2.05) is 30.3 Å². The Morgan fingerprint density at radius 2 is 1.60 bits per heavy atom. The SMILES string of the molecule is N#Cc1c(N)[nH]c(=O)c(C#N)c1-c1cccc(Oc2ccccc2)c1. The number of rotatable bonds is 3. The molecule has 0 amide bonds. The van der Waals surface area contributed by atoms with Gasteiger partial charge in [-0.3, -0.25) is 4.79 Å². The fourth-order valence-electron chi connectivity index (χ4n) is 2.47. The molecule has 0 radical (unpaired) electrons. The van der Waals surface area contributed by atoms with Gasteiger partial charge in [-0.25, -0.2) is 0 Å². The van der Waals surface area contributed by atoms with Crippen LogP contribution in [-0.2, 0) is 0 Å². The summed E-state index contributed by atoms with van der Waals surface area (Å²) >= 11 is 0. The number of nitrogens with zero attached hydrogens (tertiary/aromatic N) is 2. The first-order valence-electron chi connectivity index (χ1n) is 7.33. The fraction of sp³-hybridized carbons (Fsp3) is 0. The standard InChI is InChI=1S/C19H12N4O2/c20-10-15-17(16(11-21)19(24)23-18(15)22)12-5-4-8-14(9-12)25-13-6-2-1-3-7-13/h1-9H,(H3,22,23,24). The van der Waals surface area contributed by atoms with E-state index in [1.165, 1.54) is 0 Å². The minimum atomic E-state index is -0.636. The second-order valence-electron chi connectivity index (χ2n) is 5.16. The van der Waals surface area contributed by atoms with Crippen LogP contribution in [0.3, 0.4) is 0 Å². The van der Waals surface area contributed by atoms with E-state index in [9.17, 15) is 15.3 Å². The van der Waals surface area contributed by atoms with Crippen molar-refractivity contribution < 1.29 is 4.74 Å². The van der Waals surface area contributed by atoms with Crippen LogP contribution in [0.5, 0.6) is 11.5 Å². The third-order valence-corrected chi connectivity index (χ3v) is 3.57. The lowest BCUT2D eigenvalue weighted by molar-refractivity contribution is 0.483. The van der Waals surface area contributed by atoms with Gasteiger partial charge in [-0.1, -0.05) is 30.3 Å². The summed E-state index contributed by atoms with van der Waals surface area (Å²) in [5, 5.41) is 18.7. The second kappa shape index (κ2) is 6.61. The van der Waals surface area contributed by atoms with Gasteiger partial charge in [-0.15, -0.1) is 0 Å². The van der Waals surface area contributed by atoms with Crippen molar-refractivity contribution in [2.45, 2.75) is 0 Å². The highest BCUT2D eigenvalue weighted by atomic mass is 16.5. The van der Waals surface area contributed by atoms with Gasteiger partial charge in [-0.05, 0) is 29.8 Å². The molecule has 0 aliphatic rings. The molecule has 0 aliphatic carbocycles. The second-order valence-corrected chi connectivity index (χ2v) is 5.16. The molecule has 3 aromatic rings. The van der Waals surface area contributed by atoms with E-state index >= 15 is 0 Å². The first-order chi connectivity index (χ1) is 12.1. The maximum atomic E-state index is 12.0. The van der Waals surface area contributed by atoms with Gasteiger partial charge in [-0.2, -0.15) is 10.5 Å². The van der Waals surface area contributed by atoms with Gasteiger partial charge in [0.1, 0.15) is 40.6 Å². The summed E-state index contributed by atoms with van der Waals surface area (Å²) in [6.45, 7) is 0. The van der Waals surface area contributed by atoms with Crippen LogP contribution >= 0.6 is 0 Å². The van der Waals surface area contributed by atoms with E-state index in [0.717, 1.165) is 0 Å². The third-order valence-electron chi connectivity index (χ3n) is 3.57. The number of aromatic amines is 1. The molecule has 6 heteroatoms. The molecule has 0 saturated carbocycles. The zero-order valence-electron chi connectivity index (χ0n) is 13.0. The number of benzene rings is 2. The van der Waals surface area contributed by atoms with E-state index < -0.39 is 5.56 Å². The Labute approximate surface area is 143 Å². The monoisotopic (exact) mass is 328 g/mol. The molecule has 120 valence electrons. The number of nitriles is 2. The van der Waals surface area contributed by atoms with E-state index in [2.05, 4.69) is 4.98 Å². The number of pyridine rings is 1. The maximum absolute atomic E-state index is 12.0. The summed E-state index contributed by atoms with van der Waals surface area (Å²) in [6, 6.07) is 19.8. The number of anilines is 1. The Morgan fingerprint density at radius 3 is 2.28 bits per heavy atom. The number of hydrogen-bond donors (Lipinski definition) is 2. The van der Waals surface area contributed by atoms with Crippen LogP contribution in [0.25, 0.3) is 11.1 Å². The molecular weight excluding hydrogens is 316 g/mol. The number of aromatic nitrogens is 1. The molecule has 3 rings (SSSR count). The number of nitrogen functional groups attached to an aromatic ring is 1. The quantitative estimate of drug-likeness (QED) is 0.766. The van der Waals surface area contributed by atoms with Gasteiger partial charge in [0.15, 0.2) is 0 Å². The summed E-state index contributed by atoms with van der Waals surface area (Å²) < 4.78 is 5.76. The molecule has 2 aromatic carbocycles. The van der Waals surface area contributed by atoms with E-state index in [-0.39, 0.29) is 22.5 Å². The number of hydrogen-bond acceptors (Lipinski definition) is 5. The van der Waals surface area contributed by atoms with Crippen LogP contribution in [0.1, 0.15) is 11.1 Å². The Kier molecular flexibility index (Phi) is 4.19. The third kappa shape index (κ3) is 3.05. The predicted octanol–water partition coefficient (Wildman–Crippen LogP) is 3.16. The molecule has 1 aromatic heterocycles. The smallest absolute Gasteiger partial charge is 0.268 e. The predicted molar refractivity (Wildman–Crippen MR) is 92.9 cm³/mol. The van der Waals surface area contributed by atoms with Crippen molar-refractivity contribution in [1.82, 2.24) is 4.98 Å². The van der Waals surface area contributed by atoms with Gasteiger partial charge in [0.05, 0.1) is 0 Å². The van der Waals surface area contributed by atoms with Crippen molar-refractivity contribution in [3.8, 4) is 34.8 Å². The van der Waals surface area contributed by atoms with Gasteiger partial charge in [0, 0.05) is 5.56 Å². The molecule has 6 nitrogen and oxygen atoms in total. The molecule has 0 fully saturated rings. The van der Waals surface area contributed by atoms with Crippen molar-refractivity contribution in [2.24, 2.45) is 0 Å². The lowest BCUT2D eigenvalue weighted by Crippen LogP contribution is -2.16. The summed E-state index contributed by atoms with van der Waals surface area (Å²) in [5.74, 6) is 1.08. The van der Waals surface area contributed by atoms with Crippen LogP contribution < -0.4 is 16.0 Å². The van der Waals surface area contributed by atoms with Crippen molar-refractivity contribution in [3.05, 3.63) is 76.1 Å². The highest BCUT2D eigenvalue weighted by molar-refractivity contribution is 5.80. The van der Waals surface area contributed by atoms with Crippen LogP contribution in [0.4, 0.5) is 5.82 Å². The van der Waals surface area contributed by atoms with Crippen molar-refractivity contribution in [1.29, 1.82) is 10.5 Å². The molecule has 25 heavy (non-hydrogen) atoms. The molecule has 1 heterocycles. The summed E-state index contributed by atoms with van der Waals surface area (Å²) in [7, 11) is 0. The van der Waals surface area contributed by atoms with E-state index in [4.69, 9.17) is 10.5 Å². The zero-order chi connectivity index (χ0) is 17.8. The van der Waals surface area contributed by atoms with Crippen LogP contribution in [0, 0.1) is 22.7 Å². The van der Waals surface area contributed by atoms with Gasteiger partial charge < -0.3 is 15.5 Å². The lowest BCUT2D eigenvalue weighted by atomic mass is 9.96. The first kappa shape index (κ1) is 15.9. The normalized spacial score (nSPS) is 9.84. The molecule has 0 unspecified atom stereocenters. The van der Waals surface area contributed by atoms with Gasteiger partial charge in [0.2, 0.25) is 0 Å². The van der Waals surface area contributed by atoms with Crippen molar-refractivity contribution >= 4 is 5.82 Å². The first-order valence-corrected chi connectivity index (χ1v) is 7.33. The van der Waals surface area contributed by atoms with Gasteiger partial charge in [0.25, 0.3) is 5.56 Å². The number of ether oxygens (including phenoxy) is 1. The van der Waals surface area contributed by atoms with Crippen LogP contribution in [0.15, 0.2) is 59.4 Å². The Morgan fingerprint density at radius 1 is 0.920 bits per heavy atom. The molecule has 0 bridgehead atoms. The number of H-pyrrole nitrogens is 1. The topological polar surface area (TPSA) is 116 Å². The minimum absolute atomic E-state index is 0.0491. The van der Waals surface area contributed by atoms with Crippen molar-refractivity contribution in [2.75, 3.05) is 5.73 Å². The van der Waals surface area contributed by atoms with E-state index in [0.29, 0.717) is 17.1 Å². The molecule has 3 N–H and O–H groups in total. The average Bonchev–Trinajstić information content (AvgIpc) is 2.62. The highest BCUT2D eigenvalue weighted by Crippen LogP contribution is 2.31. The number of nitrogens with two attached hydrogens (primary N) is 1. The van der Waals surface area contributed by atoms with Crippen LogP contribution in [-0.4, -0.2) is 4.98 Å². The average molecular weight is 328 g/mol. The summed E-state index contributed by atoms with van der Waals surface area (Å²) in [5.41, 5.74) is 5.68. The molecule has 0 aliphatic heterocycles.